The summed E-state index contributed by atoms with van der Waals surface area (Å²) in [5, 5.41) is 4.10. The van der Waals surface area contributed by atoms with Crippen molar-refractivity contribution in [1.82, 2.24) is 14.8 Å². The van der Waals surface area contributed by atoms with E-state index in [2.05, 4.69) is 10.1 Å². The van der Waals surface area contributed by atoms with E-state index in [1.165, 1.54) is 0 Å². The van der Waals surface area contributed by atoms with E-state index in [4.69, 9.17) is 15.2 Å². The average Bonchev–Trinajstić information content (AvgIpc) is 2.68. The van der Waals surface area contributed by atoms with Gasteiger partial charge in [0.15, 0.2) is 0 Å². The summed E-state index contributed by atoms with van der Waals surface area (Å²) in [5.41, 5.74) is 7.97. The molecule has 2 heterocycles. The third kappa shape index (κ3) is 1.77. The molecule has 0 aliphatic carbocycles. The molecular weight excluding hydrogens is 220 g/mol. The number of aryl methyl sites for hydroxylation is 1. The zero-order chi connectivity index (χ0) is 12.4. The Kier molecular flexibility index (Phi) is 2.86. The molecule has 6 heteroatoms. The molecule has 0 unspecified atom stereocenters. The maximum absolute atomic E-state index is 5.91. The van der Waals surface area contributed by atoms with E-state index in [0.29, 0.717) is 17.2 Å². The summed E-state index contributed by atoms with van der Waals surface area (Å²) >= 11 is 0. The largest absolute Gasteiger partial charge is 0.494 e. The Bertz CT molecular complexity index is 495. The van der Waals surface area contributed by atoms with Crippen molar-refractivity contribution in [3.05, 3.63) is 18.6 Å². The zero-order valence-corrected chi connectivity index (χ0v) is 9.97. The van der Waals surface area contributed by atoms with Crippen molar-refractivity contribution < 1.29 is 9.47 Å². The van der Waals surface area contributed by atoms with Crippen LogP contribution in [0.15, 0.2) is 18.6 Å². The highest BCUT2D eigenvalue weighted by atomic mass is 16.5. The Morgan fingerprint density at radius 1 is 1.12 bits per heavy atom. The van der Waals surface area contributed by atoms with Crippen LogP contribution < -0.4 is 15.2 Å². The van der Waals surface area contributed by atoms with Crippen molar-refractivity contribution in [2.45, 2.75) is 0 Å². The topological polar surface area (TPSA) is 75.2 Å². The fourth-order valence-electron chi connectivity index (χ4n) is 1.73. The molecule has 0 aliphatic rings. The standard InChI is InChI=1S/C11H14N4O2/c1-15-11(7(12)4-14-15)10-8(16-2)5-13-6-9(10)17-3/h4-6H,12H2,1-3H3. The molecule has 0 fully saturated rings. The summed E-state index contributed by atoms with van der Waals surface area (Å²) in [5.74, 6) is 1.19. The highest BCUT2D eigenvalue weighted by molar-refractivity contribution is 5.81. The second kappa shape index (κ2) is 4.32. The first kappa shape index (κ1) is 11.3. The normalized spacial score (nSPS) is 10.3. The molecule has 0 saturated heterocycles. The lowest BCUT2D eigenvalue weighted by Crippen LogP contribution is -2.01. The van der Waals surface area contributed by atoms with Crippen molar-refractivity contribution in [3.8, 4) is 22.8 Å². The molecule has 17 heavy (non-hydrogen) atoms. The van der Waals surface area contributed by atoms with Crippen LogP contribution in [0.1, 0.15) is 0 Å². The molecule has 2 rings (SSSR count). The van der Waals surface area contributed by atoms with Crippen LogP contribution in [0.5, 0.6) is 11.5 Å². The number of methoxy groups -OCH3 is 2. The third-order valence-corrected chi connectivity index (χ3v) is 2.52. The molecule has 0 bridgehead atoms. The number of pyridine rings is 1. The molecule has 2 aromatic rings. The van der Waals surface area contributed by atoms with E-state index in [0.717, 1.165) is 11.3 Å². The van der Waals surface area contributed by atoms with Gasteiger partial charge in [-0.1, -0.05) is 0 Å². The molecule has 0 aromatic carbocycles. The van der Waals surface area contributed by atoms with Gasteiger partial charge in [0.05, 0.1) is 49.8 Å². The van der Waals surface area contributed by atoms with Gasteiger partial charge >= 0.3 is 0 Å². The van der Waals surface area contributed by atoms with Crippen LogP contribution in [-0.2, 0) is 7.05 Å². The number of rotatable bonds is 3. The average molecular weight is 234 g/mol. The summed E-state index contributed by atoms with van der Waals surface area (Å²) in [6.07, 6.45) is 4.82. The van der Waals surface area contributed by atoms with Gasteiger partial charge in [-0.25, -0.2) is 0 Å². The molecule has 0 saturated carbocycles. The molecular formula is C11H14N4O2. The van der Waals surface area contributed by atoms with E-state index in [1.807, 2.05) is 7.05 Å². The second-order valence-corrected chi connectivity index (χ2v) is 3.49. The maximum Gasteiger partial charge on any atom is 0.150 e. The zero-order valence-electron chi connectivity index (χ0n) is 9.97. The van der Waals surface area contributed by atoms with E-state index >= 15 is 0 Å². The molecule has 90 valence electrons. The van der Waals surface area contributed by atoms with Gasteiger partial charge in [-0.05, 0) is 0 Å². The highest BCUT2D eigenvalue weighted by Crippen LogP contribution is 2.39. The minimum Gasteiger partial charge on any atom is -0.494 e. The molecule has 0 atom stereocenters. The predicted molar refractivity (Wildman–Crippen MR) is 64.0 cm³/mol. The van der Waals surface area contributed by atoms with Crippen molar-refractivity contribution in [1.29, 1.82) is 0 Å². The van der Waals surface area contributed by atoms with Gasteiger partial charge in [0.1, 0.15) is 11.5 Å². The molecule has 2 aromatic heterocycles. The van der Waals surface area contributed by atoms with E-state index in [1.54, 1.807) is 37.5 Å². The van der Waals surface area contributed by atoms with Gasteiger partial charge in [0, 0.05) is 7.05 Å². The van der Waals surface area contributed by atoms with E-state index in [9.17, 15) is 0 Å². The lowest BCUT2D eigenvalue weighted by Gasteiger charge is -2.13. The van der Waals surface area contributed by atoms with Crippen molar-refractivity contribution in [2.24, 2.45) is 7.05 Å². The number of nitrogens with zero attached hydrogens (tertiary/aromatic N) is 3. The fraction of sp³-hybridized carbons (Fsp3) is 0.273. The van der Waals surface area contributed by atoms with Crippen molar-refractivity contribution >= 4 is 5.69 Å². The first-order valence-corrected chi connectivity index (χ1v) is 5.02. The van der Waals surface area contributed by atoms with Crippen LogP contribution in [-0.4, -0.2) is 29.0 Å². The van der Waals surface area contributed by atoms with E-state index < -0.39 is 0 Å². The lowest BCUT2D eigenvalue weighted by molar-refractivity contribution is 0.393. The first-order valence-electron chi connectivity index (χ1n) is 5.02. The smallest absolute Gasteiger partial charge is 0.150 e. The molecule has 0 radical (unpaired) electrons. The molecule has 2 N–H and O–H groups in total. The van der Waals surface area contributed by atoms with Crippen LogP contribution >= 0.6 is 0 Å². The summed E-state index contributed by atoms with van der Waals surface area (Å²) < 4.78 is 12.2. The van der Waals surface area contributed by atoms with Gasteiger partial charge in [-0.3, -0.25) is 9.67 Å². The number of hydrogen-bond donors (Lipinski definition) is 1. The predicted octanol–water partition coefficient (Wildman–Crippen LogP) is 1.08. The summed E-state index contributed by atoms with van der Waals surface area (Å²) in [7, 11) is 4.96. The molecule has 0 amide bonds. The fourth-order valence-corrected chi connectivity index (χ4v) is 1.73. The SMILES string of the molecule is COc1cncc(OC)c1-c1c(N)cnn1C. The Labute approximate surface area is 99.0 Å². The minimum atomic E-state index is 0.565. The van der Waals surface area contributed by atoms with Gasteiger partial charge in [0.25, 0.3) is 0 Å². The van der Waals surface area contributed by atoms with Gasteiger partial charge in [0.2, 0.25) is 0 Å². The van der Waals surface area contributed by atoms with E-state index in [-0.39, 0.29) is 0 Å². The maximum atomic E-state index is 5.91. The number of nitrogen functional groups attached to an aromatic ring is 1. The van der Waals surface area contributed by atoms with Gasteiger partial charge < -0.3 is 15.2 Å². The number of anilines is 1. The number of nitrogens with two attached hydrogens (primary N) is 1. The van der Waals surface area contributed by atoms with Crippen LogP contribution in [0.25, 0.3) is 11.3 Å². The monoisotopic (exact) mass is 234 g/mol. The van der Waals surface area contributed by atoms with Crippen LogP contribution in [0.2, 0.25) is 0 Å². The quantitative estimate of drug-likeness (QED) is 0.860. The second-order valence-electron chi connectivity index (χ2n) is 3.49. The van der Waals surface area contributed by atoms with Gasteiger partial charge in [-0.15, -0.1) is 0 Å². The molecule has 0 spiro atoms. The highest BCUT2D eigenvalue weighted by Gasteiger charge is 2.18. The lowest BCUT2D eigenvalue weighted by atomic mass is 10.1. The molecule has 0 aliphatic heterocycles. The van der Waals surface area contributed by atoms with Crippen LogP contribution in [0, 0.1) is 0 Å². The summed E-state index contributed by atoms with van der Waals surface area (Å²) in [6.45, 7) is 0. The Morgan fingerprint density at radius 2 is 1.71 bits per heavy atom. The number of hydrogen-bond acceptors (Lipinski definition) is 5. The third-order valence-electron chi connectivity index (χ3n) is 2.52. The first-order chi connectivity index (χ1) is 8.19. The Balaban J connectivity index is 2.73. The van der Waals surface area contributed by atoms with Crippen LogP contribution in [0.4, 0.5) is 5.69 Å². The molecule has 6 nitrogen and oxygen atoms in total. The van der Waals surface area contributed by atoms with Gasteiger partial charge in [-0.2, -0.15) is 5.10 Å². The number of aromatic nitrogens is 3. The Morgan fingerprint density at radius 3 is 2.12 bits per heavy atom. The Hall–Kier alpha value is -2.24. The summed E-state index contributed by atoms with van der Waals surface area (Å²) in [6, 6.07) is 0. The number of ether oxygens (including phenoxy) is 2. The minimum absolute atomic E-state index is 0.565. The van der Waals surface area contributed by atoms with Crippen molar-refractivity contribution in [2.75, 3.05) is 20.0 Å². The van der Waals surface area contributed by atoms with Crippen molar-refractivity contribution in [3.63, 3.8) is 0 Å². The summed E-state index contributed by atoms with van der Waals surface area (Å²) in [4.78, 5) is 4.04. The van der Waals surface area contributed by atoms with Crippen LogP contribution in [0.3, 0.4) is 0 Å².